The second-order valence-electron chi connectivity index (χ2n) is 4.64. The Bertz CT molecular complexity index is 338. The largest absolute Gasteiger partial charge is 0.376 e. The van der Waals surface area contributed by atoms with Gasteiger partial charge in [0.15, 0.2) is 0 Å². The molecule has 0 radical (unpaired) electrons. The number of rotatable bonds is 3. The van der Waals surface area contributed by atoms with Gasteiger partial charge in [0.05, 0.1) is 12.1 Å². The number of hydrogen-bond acceptors (Lipinski definition) is 3. The Morgan fingerprint density at radius 2 is 2.29 bits per heavy atom. The summed E-state index contributed by atoms with van der Waals surface area (Å²) >= 11 is 0. The molecule has 0 spiro atoms. The van der Waals surface area contributed by atoms with Gasteiger partial charge >= 0.3 is 0 Å². The minimum absolute atomic E-state index is 0.0249. The first-order valence-electron chi connectivity index (χ1n) is 6.21. The van der Waals surface area contributed by atoms with E-state index in [-0.39, 0.29) is 24.1 Å². The second kappa shape index (κ2) is 5.47. The Kier molecular flexibility index (Phi) is 3.97. The summed E-state index contributed by atoms with van der Waals surface area (Å²) in [5, 5.41) is 2.91. The molecule has 0 aromatic carbocycles. The highest BCUT2D eigenvalue weighted by atomic mass is 16.5. The summed E-state index contributed by atoms with van der Waals surface area (Å²) in [6.07, 6.45) is 9.25. The predicted molar refractivity (Wildman–Crippen MR) is 66.3 cm³/mol. The number of amides is 1. The number of carbonyl (C=O) groups is 1. The maximum Gasteiger partial charge on any atom is 0.244 e. The van der Waals surface area contributed by atoms with E-state index in [1.165, 1.54) is 6.08 Å². The number of carbonyl (C=O) groups excluding carboxylic acids is 1. The molecule has 3 N–H and O–H groups in total. The zero-order valence-corrected chi connectivity index (χ0v) is 10.1. The molecule has 2 fully saturated rings. The summed E-state index contributed by atoms with van der Waals surface area (Å²) in [5.74, 6) is 0.324. The average Bonchev–Trinajstić information content (AvgIpc) is 2.36. The van der Waals surface area contributed by atoms with E-state index in [9.17, 15) is 4.79 Å². The third kappa shape index (κ3) is 2.58. The highest BCUT2D eigenvalue weighted by molar-refractivity contribution is 5.88. The minimum atomic E-state index is -0.101. The maximum absolute atomic E-state index is 11.6. The van der Waals surface area contributed by atoms with E-state index in [0.717, 1.165) is 19.4 Å². The Morgan fingerprint density at radius 3 is 3.06 bits per heavy atom. The van der Waals surface area contributed by atoms with Crippen molar-refractivity contribution in [2.45, 2.75) is 38.0 Å². The van der Waals surface area contributed by atoms with E-state index in [2.05, 4.69) is 5.32 Å². The van der Waals surface area contributed by atoms with Crippen LogP contribution < -0.4 is 11.1 Å². The fourth-order valence-electron chi connectivity index (χ4n) is 2.59. The summed E-state index contributed by atoms with van der Waals surface area (Å²) < 4.78 is 5.65. The SMILES string of the molecule is CC=CC=CC(=O)NC1C(N)C2CCCOC21. The van der Waals surface area contributed by atoms with Crippen LogP contribution in [0.2, 0.25) is 0 Å². The van der Waals surface area contributed by atoms with E-state index in [0.29, 0.717) is 5.92 Å². The molecule has 94 valence electrons. The van der Waals surface area contributed by atoms with E-state index >= 15 is 0 Å². The normalized spacial score (nSPS) is 36.8. The van der Waals surface area contributed by atoms with Crippen LogP contribution in [0, 0.1) is 5.92 Å². The molecular weight excluding hydrogens is 216 g/mol. The van der Waals surface area contributed by atoms with Crippen molar-refractivity contribution in [3.8, 4) is 0 Å². The van der Waals surface area contributed by atoms with Gasteiger partial charge in [-0.25, -0.2) is 0 Å². The van der Waals surface area contributed by atoms with Crippen molar-refractivity contribution in [3.63, 3.8) is 0 Å². The number of nitrogens with one attached hydrogen (secondary N) is 1. The van der Waals surface area contributed by atoms with E-state index in [1.54, 1.807) is 6.08 Å². The first-order chi connectivity index (χ1) is 8.24. The molecule has 1 saturated heterocycles. The molecule has 4 unspecified atom stereocenters. The van der Waals surface area contributed by atoms with E-state index in [4.69, 9.17) is 10.5 Å². The molecule has 1 aliphatic heterocycles. The number of fused-ring (bicyclic) bond motifs is 1. The second-order valence-corrected chi connectivity index (χ2v) is 4.64. The van der Waals surface area contributed by atoms with Gasteiger partial charge in [-0.05, 0) is 19.8 Å². The number of hydrogen-bond donors (Lipinski definition) is 2. The fraction of sp³-hybridized carbons (Fsp3) is 0.615. The molecule has 4 nitrogen and oxygen atoms in total. The van der Waals surface area contributed by atoms with Crippen LogP contribution in [0.3, 0.4) is 0 Å². The molecular formula is C13H20N2O2. The van der Waals surface area contributed by atoms with Crippen molar-refractivity contribution in [2.24, 2.45) is 11.7 Å². The molecule has 4 heteroatoms. The van der Waals surface area contributed by atoms with Crippen LogP contribution in [0.1, 0.15) is 19.8 Å². The Hall–Kier alpha value is -1.13. The first-order valence-corrected chi connectivity index (χ1v) is 6.21. The molecule has 1 saturated carbocycles. The quantitative estimate of drug-likeness (QED) is 0.561. The van der Waals surface area contributed by atoms with Crippen molar-refractivity contribution < 1.29 is 9.53 Å². The Morgan fingerprint density at radius 1 is 1.47 bits per heavy atom. The van der Waals surface area contributed by atoms with Gasteiger partial charge < -0.3 is 15.8 Å². The van der Waals surface area contributed by atoms with Crippen LogP contribution in [0.4, 0.5) is 0 Å². The lowest BCUT2D eigenvalue weighted by molar-refractivity contribution is -0.136. The molecule has 2 rings (SSSR count). The van der Waals surface area contributed by atoms with Crippen molar-refractivity contribution in [3.05, 3.63) is 24.3 Å². The number of ether oxygens (including phenoxy) is 1. The molecule has 1 heterocycles. The van der Waals surface area contributed by atoms with Gasteiger partial charge in [0.25, 0.3) is 0 Å². The van der Waals surface area contributed by atoms with Crippen LogP contribution in [0.5, 0.6) is 0 Å². The van der Waals surface area contributed by atoms with Gasteiger partial charge in [-0.2, -0.15) is 0 Å². The molecule has 1 aliphatic carbocycles. The zero-order valence-electron chi connectivity index (χ0n) is 10.1. The third-order valence-corrected chi connectivity index (χ3v) is 3.54. The lowest BCUT2D eigenvalue weighted by atomic mass is 9.68. The fourth-order valence-corrected chi connectivity index (χ4v) is 2.59. The average molecular weight is 236 g/mol. The van der Waals surface area contributed by atoms with Crippen LogP contribution in [-0.2, 0) is 9.53 Å². The highest BCUT2D eigenvalue weighted by Crippen LogP contribution is 2.36. The van der Waals surface area contributed by atoms with E-state index in [1.807, 2.05) is 19.1 Å². The van der Waals surface area contributed by atoms with Crippen LogP contribution in [0.15, 0.2) is 24.3 Å². The molecule has 0 bridgehead atoms. The molecule has 1 amide bonds. The zero-order chi connectivity index (χ0) is 12.3. The molecule has 4 atom stereocenters. The van der Waals surface area contributed by atoms with Crippen molar-refractivity contribution in [1.82, 2.24) is 5.32 Å². The summed E-state index contributed by atoms with van der Waals surface area (Å²) in [6, 6.07) is 0.0161. The smallest absolute Gasteiger partial charge is 0.244 e. The Labute approximate surface area is 102 Å². The Balaban J connectivity index is 1.85. The topological polar surface area (TPSA) is 64.4 Å². The maximum atomic E-state index is 11.6. The number of nitrogens with two attached hydrogens (primary N) is 1. The van der Waals surface area contributed by atoms with Gasteiger partial charge in [0, 0.05) is 24.6 Å². The monoisotopic (exact) mass is 236 g/mol. The lowest BCUT2D eigenvalue weighted by Crippen LogP contribution is -2.71. The van der Waals surface area contributed by atoms with Gasteiger partial charge in [0.1, 0.15) is 0 Å². The minimum Gasteiger partial charge on any atom is -0.376 e. The van der Waals surface area contributed by atoms with Crippen molar-refractivity contribution >= 4 is 5.91 Å². The number of allylic oxidation sites excluding steroid dienone is 3. The summed E-state index contributed by atoms with van der Waals surface area (Å²) in [4.78, 5) is 11.6. The van der Waals surface area contributed by atoms with Crippen molar-refractivity contribution in [2.75, 3.05) is 6.61 Å². The standard InChI is InChI=1S/C13H20N2O2/c1-2-3-4-7-10(16)15-12-11(14)9-6-5-8-17-13(9)12/h2-4,7,9,11-13H,5-6,8,14H2,1H3,(H,15,16). The van der Waals surface area contributed by atoms with Crippen LogP contribution >= 0.6 is 0 Å². The van der Waals surface area contributed by atoms with E-state index < -0.39 is 0 Å². The summed E-state index contributed by atoms with van der Waals surface area (Å²) in [5.41, 5.74) is 6.05. The third-order valence-electron chi connectivity index (χ3n) is 3.54. The van der Waals surface area contributed by atoms with Gasteiger partial charge in [0.2, 0.25) is 5.91 Å². The lowest BCUT2D eigenvalue weighted by Gasteiger charge is -2.52. The summed E-state index contributed by atoms with van der Waals surface area (Å²) in [7, 11) is 0. The van der Waals surface area contributed by atoms with Gasteiger partial charge in [-0.1, -0.05) is 18.2 Å². The molecule has 17 heavy (non-hydrogen) atoms. The molecule has 0 aromatic heterocycles. The molecule has 0 aromatic rings. The molecule has 2 aliphatic rings. The van der Waals surface area contributed by atoms with Gasteiger partial charge in [-0.3, -0.25) is 4.79 Å². The highest BCUT2D eigenvalue weighted by Gasteiger charge is 2.50. The predicted octanol–water partition coefficient (Wildman–Crippen LogP) is 0.740. The van der Waals surface area contributed by atoms with Gasteiger partial charge in [-0.15, -0.1) is 0 Å². The summed E-state index contributed by atoms with van der Waals surface area (Å²) in [6.45, 7) is 2.69. The van der Waals surface area contributed by atoms with Crippen LogP contribution in [0.25, 0.3) is 0 Å². The first kappa shape index (κ1) is 12.3. The van der Waals surface area contributed by atoms with Crippen molar-refractivity contribution in [1.29, 1.82) is 0 Å². The van der Waals surface area contributed by atoms with Crippen LogP contribution in [-0.4, -0.2) is 30.7 Å².